The van der Waals surface area contributed by atoms with Crippen molar-refractivity contribution >= 4 is 28.1 Å². The lowest BCUT2D eigenvalue weighted by molar-refractivity contribution is 0.0277. The van der Waals surface area contributed by atoms with Gasteiger partial charge in [0, 0.05) is 0 Å². The zero-order chi connectivity index (χ0) is 18.1. The minimum absolute atomic E-state index is 0.0912. The lowest BCUT2D eigenvalue weighted by Crippen LogP contribution is -2.10. The number of aromatic nitrogens is 2. The fraction of sp³-hybridized carbons (Fsp3) is 0.105. The number of phenols is 1. The van der Waals surface area contributed by atoms with E-state index in [0.29, 0.717) is 5.89 Å². The number of fused-ring (bicyclic) bond motifs is 1. The summed E-state index contributed by atoms with van der Waals surface area (Å²) in [5.74, 6) is -0.212. The van der Waals surface area contributed by atoms with Gasteiger partial charge in [-0.05, 0) is 41.3 Å². The van der Waals surface area contributed by atoms with Gasteiger partial charge < -0.3 is 14.3 Å². The third-order valence-electron chi connectivity index (χ3n) is 3.89. The van der Waals surface area contributed by atoms with Crippen molar-refractivity contribution in [3.8, 4) is 16.5 Å². The summed E-state index contributed by atoms with van der Waals surface area (Å²) in [6.07, 6.45) is -0.741. The van der Waals surface area contributed by atoms with E-state index in [1.807, 2.05) is 41.8 Å². The van der Waals surface area contributed by atoms with Gasteiger partial charge in [-0.2, -0.15) is 0 Å². The predicted molar refractivity (Wildman–Crippen MR) is 97.1 cm³/mol. The molecular weight excluding hydrogens is 352 g/mol. The maximum atomic E-state index is 12.5. The van der Waals surface area contributed by atoms with Gasteiger partial charge in [-0.1, -0.05) is 30.3 Å². The van der Waals surface area contributed by atoms with Gasteiger partial charge in [-0.25, -0.2) is 4.79 Å². The first-order valence-corrected chi connectivity index (χ1v) is 8.80. The van der Waals surface area contributed by atoms with Crippen molar-refractivity contribution in [2.24, 2.45) is 0 Å². The molecule has 130 valence electrons. The van der Waals surface area contributed by atoms with Gasteiger partial charge in [0.15, 0.2) is 6.10 Å². The first-order chi connectivity index (χ1) is 12.6. The first kappa shape index (κ1) is 16.3. The SMILES string of the molecule is CC(OC(=O)c1cc2ccccc2cc1O)c1nnc(-c2cccs2)o1. The van der Waals surface area contributed by atoms with Crippen molar-refractivity contribution in [2.45, 2.75) is 13.0 Å². The van der Waals surface area contributed by atoms with Crippen LogP contribution in [-0.2, 0) is 4.74 Å². The van der Waals surface area contributed by atoms with E-state index in [4.69, 9.17) is 9.15 Å². The second kappa shape index (κ2) is 6.61. The summed E-state index contributed by atoms with van der Waals surface area (Å²) in [6.45, 7) is 1.64. The molecule has 0 fully saturated rings. The molecule has 0 bridgehead atoms. The monoisotopic (exact) mass is 366 g/mol. The predicted octanol–water partition coefficient (Wildman–Crippen LogP) is 4.57. The number of carbonyl (C=O) groups is 1. The number of benzene rings is 2. The quantitative estimate of drug-likeness (QED) is 0.532. The standard InChI is InChI=1S/C19H14N2O4S/c1-11(17-20-21-18(25-17)16-7-4-8-26-16)24-19(23)14-9-12-5-2-3-6-13(12)10-15(14)22/h2-11,22H,1H3. The van der Waals surface area contributed by atoms with Crippen molar-refractivity contribution in [2.75, 3.05) is 0 Å². The average molecular weight is 366 g/mol. The van der Waals surface area contributed by atoms with Gasteiger partial charge in [0.25, 0.3) is 11.8 Å². The largest absolute Gasteiger partial charge is 0.507 e. The lowest BCUT2D eigenvalue weighted by atomic mass is 10.1. The highest BCUT2D eigenvalue weighted by molar-refractivity contribution is 7.13. The van der Waals surface area contributed by atoms with Crippen molar-refractivity contribution in [1.29, 1.82) is 0 Å². The number of rotatable bonds is 4. The molecule has 2 aromatic carbocycles. The van der Waals surface area contributed by atoms with Crippen LogP contribution in [0.5, 0.6) is 5.75 Å². The second-order valence-corrected chi connectivity index (χ2v) is 6.63. The van der Waals surface area contributed by atoms with Gasteiger partial charge in [-0.3, -0.25) is 0 Å². The minimum atomic E-state index is -0.741. The van der Waals surface area contributed by atoms with Gasteiger partial charge >= 0.3 is 5.97 Å². The molecule has 0 amide bonds. The molecule has 1 atom stereocenters. The molecule has 1 N–H and O–H groups in total. The number of hydrogen-bond donors (Lipinski definition) is 1. The first-order valence-electron chi connectivity index (χ1n) is 7.92. The highest BCUT2D eigenvalue weighted by Crippen LogP contribution is 2.29. The number of ether oxygens (including phenoxy) is 1. The number of thiophene rings is 1. The normalized spacial score (nSPS) is 12.2. The molecule has 0 aliphatic heterocycles. The molecule has 2 heterocycles. The minimum Gasteiger partial charge on any atom is -0.507 e. The van der Waals surface area contributed by atoms with Gasteiger partial charge in [-0.15, -0.1) is 21.5 Å². The molecule has 0 aliphatic carbocycles. The summed E-state index contributed by atoms with van der Waals surface area (Å²) in [4.78, 5) is 13.3. The topological polar surface area (TPSA) is 85.5 Å². The Balaban J connectivity index is 1.55. The Kier molecular flexibility index (Phi) is 4.14. The fourth-order valence-electron chi connectivity index (χ4n) is 2.56. The molecule has 0 saturated heterocycles. The molecule has 0 saturated carbocycles. The highest BCUT2D eigenvalue weighted by Gasteiger charge is 2.22. The zero-order valence-corrected chi connectivity index (χ0v) is 14.6. The molecule has 1 unspecified atom stereocenters. The Bertz CT molecular complexity index is 1070. The number of esters is 1. The van der Waals surface area contributed by atoms with Crippen LogP contribution in [0.1, 0.15) is 29.3 Å². The molecule has 6 nitrogen and oxygen atoms in total. The molecule has 26 heavy (non-hydrogen) atoms. The van der Waals surface area contributed by atoms with E-state index < -0.39 is 12.1 Å². The summed E-state index contributed by atoms with van der Waals surface area (Å²) in [6, 6.07) is 14.3. The van der Waals surface area contributed by atoms with Crippen LogP contribution in [0.15, 0.2) is 58.3 Å². The third kappa shape index (κ3) is 3.04. The Morgan fingerprint density at radius 3 is 2.65 bits per heavy atom. The van der Waals surface area contributed by atoms with Crippen LogP contribution in [0.2, 0.25) is 0 Å². The van der Waals surface area contributed by atoms with Gasteiger partial charge in [0.05, 0.1) is 4.88 Å². The van der Waals surface area contributed by atoms with Crippen molar-refractivity contribution in [3.05, 3.63) is 65.4 Å². The Labute approximate surface area is 152 Å². The molecule has 4 rings (SSSR count). The molecule has 0 spiro atoms. The summed E-state index contributed by atoms with van der Waals surface area (Å²) < 4.78 is 11.0. The molecular formula is C19H14N2O4S. The molecule has 4 aromatic rings. The smallest absolute Gasteiger partial charge is 0.342 e. The van der Waals surface area contributed by atoms with Crippen molar-refractivity contribution in [3.63, 3.8) is 0 Å². The lowest BCUT2D eigenvalue weighted by Gasteiger charge is -2.11. The Hall–Kier alpha value is -3.19. The number of phenolic OH excluding ortho intramolecular Hbond substituents is 1. The average Bonchev–Trinajstić information content (AvgIpc) is 3.32. The molecule has 0 radical (unpaired) electrons. The van der Waals surface area contributed by atoms with Crippen LogP contribution in [0.25, 0.3) is 21.5 Å². The second-order valence-electron chi connectivity index (χ2n) is 5.69. The number of nitrogens with zero attached hydrogens (tertiary/aromatic N) is 2. The van der Waals surface area contributed by atoms with Crippen LogP contribution in [0.3, 0.4) is 0 Å². The number of carbonyl (C=O) groups excluding carboxylic acids is 1. The van der Waals surface area contributed by atoms with E-state index >= 15 is 0 Å². The Morgan fingerprint density at radius 1 is 1.15 bits per heavy atom. The van der Waals surface area contributed by atoms with Crippen molar-refractivity contribution in [1.82, 2.24) is 10.2 Å². The van der Waals surface area contributed by atoms with E-state index in [1.54, 1.807) is 13.0 Å². The summed E-state index contributed by atoms with van der Waals surface area (Å²) >= 11 is 1.48. The van der Waals surface area contributed by atoms with E-state index in [0.717, 1.165) is 15.6 Å². The zero-order valence-electron chi connectivity index (χ0n) is 13.7. The maximum Gasteiger partial charge on any atom is 0.342 e. The van der Waals surface area contributed by atoms with Gasteiger partial charge in [0.1, 0.15) is 11.3 Å². The van der Waals surface area contributed by atoms with Crippen LogP contribution in [0.4, 0.5) is 0 Å². The number of hydrogen-bond acceptors (Lipinski definition) is 7. The van der Waals surface area contributed by atoms with E-state index in [1.165, 1.54) is 17.4 Å². The number of aromatic hydroxyl groups is 1. The fourth-order valence-corrected chi connectivity index (χ4v) is 3.21. The highest BCUT2D eigenvalue weighted by atomic mass is 32.1. The van der Waals surface area contributed by atoms with Crippen LogP contribution >= 0.6 is 11.3 Å². The van der Waals surface area contributed by atoms with Crippen LogP contribution in [-0.4, -0.2) is 21.3 Å². The Morgan fingerprint density at radius 2 is 1.92 bits per heavy atom. The van der Waals surface area contributed by atoms with E-state index in [-0.39, 0.29) is 17.2 Å². The third-order valence-corrected chi connectivity index (χ3v) is 4.75. The summed E-state index contributed by atoms with van der Waals surface area (Å²) in [5, 5.41) is 21.6. The van der Waals surface area contributed by atoms with E-state index in [2.05, 4.69) is 10.2 Å². The van der Waals surface area contributed by atoms with Gasteiger partial charge in [0.2, 0.25) is 0 Å². The van der Waals surface area contributed by atoms with Crippen LogP contribution in [0, 0.1) is 0 Å². The molecule has 7 heteroatoms. The van der Waals surface area contributed by atoms with E-state index in [9.17, 15) is 9.90 Å². The molecule has 0 aliphatic rings. The van der Waals surface area contributed by atoms with Crippen LogP contribution < -0.4 is 0 Å². The summed E-state index contributed by atoms with van der Waals surface area (Å²) in [5.41, 5.74) is 0.0912. The molecule has 2 aromatic heterocycles. The maximum absolute atomic E-state index is 12.5. The van der Waals surface area contributed by atoms with Crippen molar-refractivity contribution < 1.29 is 19.1 Å². The summed E-state index contributed by atoms with van der Waals surface area (Å²) in [7, 11) is 0.